The molecular weight excluding hydrogens is 175 g/mol. The van der Waals surface area contributed by atoms with E-state index in [-0.39, 0.29) is 0 Å². The fraction of sp³-hybridized carbons (Fsp3) is 1.00. The highest BCUT2D eigenvalue weighted by Gasteiger charge is 2.45. The SMILES string of the molecule is CCCCCC1(CC)OP(O)O1. The molecule has 4 heteroatoms. The second kappa shape index (κ2) is 4.52. The van der Waals surface area contributed by atoms with Crippen molar-refractivity contribution in [3.05, 3.63) is 0 Å². The van der Waals surface area contributed by atoms with Gasteiger partial charge in [0, 0.05) is 6.42 Å². The zero-order valence-corrected chi connectivity index (χ0v) is 8.64. The molecule has 1 rings (SSSR count). The van der Waals surface area contributed by atoms with E-state index in [2.05, 4.69) is 6.92 Å². The van der Waals surface area contributed by atoms with Gasteiger partial charge in [-0.15, -0.1) is 0 Å². The van der Waals surface area contributed by atoms with Gasteiger partial charge in [-0.2, -0.15) is 0 Å². The molecule has 72 valence electrons. The monoisotopic (exact) mass is 192 g/mol. The van der Waals surface area contributed by atoms with Crippen molar-refractivity contribution >= 4 is 8.60 Å². The van der Waals surface area contributed by atoms with Crippen LogP contribution in [0, 0.1) is 0 Å². The summed E-state index contributed by atoms with van der Waals surface area (Å²) in [6.45, 7) is 4.19. The van der Waals surface area contributed by atoms with Crippen LogP contribution < -0.4 is 0 Å². The summed E-state index contributed by atoms with van der Waals surface area (Å²) >= 11 is 0. The molecule has 0 spiro atoms. The maximum Gasteiger partial charge on any atom is 0.335 e. The molecule has 0 aromatic heterocycles. The van der Waals surface area contributed by atoms with E-state index in [1.54, 1.807) is 0 Å². The Bertz CT molecular complexity index is 134. The van der Waals surface area contributed by atoms with Gasteiger partial charge in [0.05, 0.1) is 0 Å². The molecule has 1 aliphatic rings. The van der Waals surface area contributed by atoms with E-state index < -0.39 is 14.4 Å². The van der Waals surface area contributed by atoms with Gasteiger partial charge < -0.3 is 4.89 Å². The lowest BCUT2D eigenvalue weighted by Gasteiger charge is -2.42. The van der Waals surface area contributed by atoms with E-state index in [1.165, 1.54) is 12.8 Å². The summed E-state index contributed by atoms with van der Waals surface area (Å²) in [4.78, 5) is 8.89. The van der Waals surface area contributed by atoms with Crippen molar-refractivity contribution in [2.24, 2.45) is 0 Å². The molecule has 0 radical (unpaired) electrons. The third-order valence-electron chi connectivity index (χ3n) is 2.19. The summed E-state index contributed by atoms with van der Waals surface area (Å²) in [6, 6.07) is 0. The van der Waals surface area contributed by atoms with Gasteiger partial charge in [-0.05, 0) is 12.8 Å². The number of unbranched alkanes of at least 4 members (excludes halogenated alkanes) is 2. The van der Waals surface area contributed by atoms with E-state index in [1.807, 2.05) is 6.92 Å². The first-order valence-corrected chi connectivity index (χ1v) is 5.73. The van der Waals surface area contributed by atoms with Crippen LogP contribution in [-0.2, 0) is 9.05 Å². The van der Waals surface area contributed by atoms with Crippen LogP contribution in [0.1, 0.15) is 46.0 Å². The van der Waals surface area contributed by atoms with Crippen molar-refractivity contribution < 1.29 is 13.9 Å². The first-order chi connectivity index (χ1) is 5.72. The Morgan fingerprint density at radius 3 is 2.33 bits per heavy atom. The number of hydrogen-bond acceptors (Lipinski definition) is 3. The summed E-state index contributed by atoms with van der Waals surface area (Å²) in [5.74, 6) is -0.435. The maximum atomic E-state index is 8.89. The van der Waals surface area contributed by atoms with E-state index in [4.69, 9.17) is 13.9 Å². The summed E-state index contributed by atoms with van der Waals surface area (Å²) in [7, 11) is -1.53. The van der Waals surface area contributed by atoms with E-state index >= 15 is 0 Å². The second-order valence-corrected chi connectivity index (χ2v) is 3.98. The number of rotatable bonds is 5. The maximum absolute atomic E-state index is 8.89. The van der Waals surface area contributed by atoms with Crippen LogP contribution in [-0.4, -0.2) is 10.7 Å². The second-order valence-electron chi connectivity index (χ2n) is 3.14. The van der Waals surface area contributed by atoms with Crippen LogP contribution in [0.25, 0.3) is 0 Å². The molecule has 0 aliphatic carbocycles. The molecule has 1 fully saturated rings. The van der Waals surface area contributed by atoms with Gasteiger partial charge >= 0.3 is 8.60 Å². The summed E-state index contributed by atoms with van der Waals surface area (Å²) in [5.41, 5.74) is 0. The Morgan fingerprint density at radius 2 is 1.92 bits per heavy atom. The number of hydrogen-bond donors (Lipinski definition) is 1. The van der Waals surface area contributed by atoms with Gasteiger partial charge in [0.2, 0.25) is 0 Å². The predicted octanol–water partition coefficient (Wildman–Crippen LogP) is 2.94. The topological polar surface area (TPSA) is 38.7 Å². The van der Waals surface area contributed by atoms with Gasteiger partial charge in [0.25, 0.3) is 0 Å². The minimum atomic E-state index is -1.53. The van der Waals surface area contributed by atoms with Gasteiger partial charge in [-0.3, -0.25) is 9.05 Å². The molecule has 3 nitrogen and oxygen atoms in total. The van der Waals surface area contributed by atoms with Gasteiger partial charge in [-0.1, -0.05) is 26.7 Å². The average molecular weight is 192 g/mol. The van der Waals surface area contributed by atoms with Crippen molar-refractivity contribution in [2.45, 2.75) is 51.7 Å². The zero-order chi connectivity index (χ0) is 9.03. The molecule has 0 unspecified atom stereocenters. The largest absolute Gasteiger partial charge is 0.335 e. The van der Waals surface area contributed by atoms with E-state index in [0.717, 1.165) is 19.3 Å². The average Bonchev–Trinajstić information content (AvgIpc) is 2.01. The molecule has 0 bridgehead atoms. The Balaban J connectivity index is 2.18. The van der Waals surface area contributed by atoms with Crippen LogP contribution in [0.5, 0.6) is 0 Å². The first-order valence-electron chi connectivity index (χ1n) is 4.59. The first kappa shape index (κ1) is 10.4. The lowest BCUT2D eigenvalue weighted by molar-refractivity contribution is -0.205. The Kier molecular flexibility index (Phi) is 3.91. The fourth-order valence-electron chi connectivity index (χ4n) is 1.33. The molecule has 0 atom stereocenters. The van der Waals surface area contributed by atoms with Crippen LogP contribution in [0.4, 0.5) is 0 Å². The lowest BCUT2D eigenvalue weighted by Crippen LogP contribution is -2.40. The Morgan fingerprint density at radius 1 is 1.25 bits per heavy atom. The minimum Gasteiger partial charge on any atom is -0.328 e. The van der Waals surface area contributed by atoms with Crippen LogP contribution in [0.3, 0.4) is 0 Å². The van der Waals surface area contributed by atoms with E-state index in [0.29, 0.717) is 0 Å². The molecule has 12 heavy (non-hydrogen) atoms. The summed E-state index contributed by atoms with van der Waals surface area (Å²) in [5, 5.41) is 0. The molecule has 1 heterocycles. The highest BCUT2D eigenvalue weighted by atomic mass is 31.2. The molecule has 1 aliphatic heterocycles. The van der Waals surface area contributed by atoms with Gasteiger partial charge in [-0.25, -0.2) is 0 Å². The normalized spacial score (nSPS) is 34.8. The molecule has 1 N–H and O–H groups in total. The summed E-state index contributed by atoms with van der Waals surface area (Å²) < 4.78 is 10.4. The highest BCUT2D eigenvalue weighted by Crippen LogP contribution is 2.57. The molecule has 0 aromatic rings. The van der Waals surface area contributed by atoms with Crippen LogP contribution >= 0.6 is 8.60 Å². The molecule has 0 aromatic carbocycles. The minimum absolute atomic E-state index is 0.435. The molecule has 0 amide bonds. The van der Waals surface area contributed by atoms with E-state index in [9.17, 15) is 0 Å². The standard InChI is InChI=1S/C8H17O3P/c1-3-5-6-7-8(4-2)10-12(9)11-8/h9H,3-7H2,1-2H3. The zero-order valence-electron chi connectivity index (χ0n) is 7.75. The molecule has 0 saturated carbocycles. The quantitative estimate of drug-likeness (QED) is 0.537. The lowest BCUT2D eigenvalue weighted by atomic mass is 10.1. The van der Waals surface area contributed by atoms with Crippen LogP contribution in [0.2, 0.25) is 0 Å². The fourth-order valence-corrected chi connectivity index (χ4v) is 2.36. The van der Waals surface area contributed by atoms with Crippen molar-refractivity contribution in [3.63, 3.8) is 0 Å². The Hall–Kier alpha value is 0.310. The summed E-state index contributed by atoms with van der Waals surface area (Å²) in [6.07, 6.45) is 5.27. The van der Waals surface area contributed by atoms with Crippen molar-refractivity contribution in [1.82, 2.24) is 0 Å². The van der Waals surface area contributed by atoms with Crippen LogP contribution in [0.15, 0.2) is 0 Å². The van der Waals surface area contributed by atoms with Crippen molar-refractivity contribution in [2.75, 3.05) is 0 Å². The van der Waals surface area contributed by atoms with Gasteiger partial charge in [0.1, 0.15) is 0 Å². The third kappa shape index (κ3) is 2.40. The highest BCUT2D eigenvalue weighted by molar-refractivity contribution is 7.41. The third-order valence-corrected chi connectivity index (χ3v) is 3.17. The van der Waals surface area contributed by atoms with Crippen molar-refractivity contribution in [1.29, 1.82) is 0 Å². The van der Waals surface area contributed by atoms with Crippen molar-refractivity contribution in [3.8, 4) is 0 Å². The predicted molar refractivity (Wildman–Crippen MR) is 48.5 cm³/mol. The molecular formula is C8H17O3P. The smallest absolute Gasteiger partial charge is 0.328 e. The Labute approximate surface area is 75.1 Å². The van der Waals surface area contributed by atoms with Gasteiger partial charge in [0.15, 0.2) is 5.79 Å². The molecule has 1 saturated heterocycles.